The van der Waals surface area contributed by atoms with Gasteiger partial charge in [0.15, 0.2) is 11.5 Å². The fourth-order valence-corrected chi connectivity index (χ4v) is 2.74. The molecule has 0 N–H and O–H groups in total. The molecule has 0 amide bonds. The van der Waals surface area contributed by atoms with E-state index >= 15 is 0 Å². The molecule has 1 aliphatic carbocycles. The maximum Gasteiger partial charge on any atom is 0.390 e. The van der Waals surface area contributed by atoms with Gasteiger partial charge in [-0.25, -0.2) is 0 Å². The molecule has 0 aromatic carbocycles. The van der Waals surface area contributed by atoms with E-state index in [4.69, 9.17) is 0 Å². The van der Waals surface area contributed by atoms with Gasteiger partial charge in [0.25, 0.3) is 0 Å². The maximum atomic E-state index is 12.5. The van der Waals surface area contributed by atoms with Crippen LogP contribution in [0.3, 0.4) is 0 Å². The van der Waals surface area contributed by atoms with E-state index in [0.717, 1.165) is 25.7 Å². The number of hydrogen-bond acceptors (Lipinski definition) is 5. The fourth-order valence-electron chi connectivity index (χ4n) is 2.74. The van der Waals surface area contributed by atoms with E-state index in [-0.39, 0.29) is 12.6 Å². The van der Waals surface area contributed by atoms with Crippen LogP contribution in [0.1, 0.15) is 32.1 Å². The van der Waals surface area contributed by atoms with Crippen molar-refractivity contribution in [3.63, 3.8) is 0 Å². The number of fused-ring (bicyclic) bond motifs is 1. The summed E-state index contributed by atoms with van der Waals surface area (Å²) in [7, 11) is 0. The van der Waals surface area contributed by atoms with Crippen LogP contribution in [0.25, 0.3) is 5.65 Å². The van der Waals surface area contributed by atoms with Crippen LogP contribution >= 0.6 is 0 Å². The Bertz CT molecular complexity index is 604. The molecule has 1 saturated carbocycles. The molecule has 21 heavy (non-hydrogen) atoms. The molecule has 0 aliphatic heterocycles. The first-order chi connectivity index (χ1) is 10.0. The van der Waals surface area contributed by atoms with E-state index in [1.165, 1.54) is 4.63 Å². The van der Waals surface area contributed by atoms with Gasteiger partial charge < -0.3 is 4.90 Å². The lowest BCUT2D eigenvalue weighted by Crippen LogP contribution is -2.37. The zero-order valence-corrected chi connectivity index (χ0v) is 11.3. The van der Waals surface area contributed by atoms with Crippen molar-refractivity contribution in [1.82, 2.24) is 25.3 Å². The quantitative estimate of drug-likeness (QED) is 0.866. The SMILES string of the molecule is FC(F)(F)CCN(c1ccc2nnnn2n1)C1CCCC1. The average Bonchev–Trinajstić information content (AvgIpc) is 3.07. The summed E-state index contributed by atoms with van der Waals surface area (Å²) < 4.78 is 38.9. The molecule has 1 aliphatic rings. The molecule has 0 unspecified atom stereocenters. The van der Waals surface area contributed by atoms with Crippen molar-refractivity contribution in [3.8, 4) is 0 Å². The standard InChI is InChI=1S/C12H15F3N6/c13-12(14,15)7-8-20(9-3-1-2-4-9)11-6-5-10-16-18-19-21(10)17-11/h5-6,9H,1-4,7-8H2. The van der Waals surface area contributed by atoms with Crippen LogP contribution in [0.4, 0.5) is 19.0 Å². The Hall–Kier alpha value is -1.93. The molecule has 9 heteroatoms. The van der Waals surface area contributed by atoms with Gasteiger partial charge in [-0.3, -0.25) is 0 Å². The van der Waals surface area contributed by atoms with Crippen LogP contribution in [-0.4, -0.2) is 44.0 Å². The number of halogens is 3. The van der Waals surface area contributed by atoms with Crippen LogP contribution in [0.2, 0.25) is 0 Å². The molecular weight excluding hydrogens is 285 g/mol. The fraction of sp³-hybridized carbons (Fsp3) is 0.667. The Labute approximate surface area is 118 Å². The molecule has 2 aromatic heterocycles. The van der Waals surface area contributed by atoms with Crippen LogP contribution in [0, 0.1) is 0 Å². The van der Waals surface area contributed by atoms with Crippen LogP contribution < -0.4 is 4.90 Å². The van der Waals surface area contributed by atoms with Gasteiger partial charge in [0, 0.05) is 12.6 Å². The van der Waals surface area contributed by atoms with Gasteiger partial charge in [-0.2, -0.15) is 13.2 Å². The predicted molar refractivity (Wildman–Crippen MR) is 68.9 cm³/mol. The summed E-state index contributed by atoms with van der Waals surface area (Å²) in [5.41, 5.74) is 0.473. The lowest BCUT2D eigenvalue weighted by atomic mass is 10.2. The van der Waals surface area contributed by atoms with E-state index in [1.807, 2.05) is 0 Å². The second-order valence-electron chi connectivity index (χ2n) is 5.21. The van der Waals surface area contributed by atoms with Crippen molar-refractivity contribution in [2.45, 2.75) is 44.3 Å². The molecule has 0 saturated heterocycles. The minimum atomic E-state index is -4.17. The lowest BCUT2D eigenvalue weighted by molar-refractivity contribution is -0.132. The number of nitrogens with zero attached hydrogens (tertiary/aromatic N) is 6. The Morgan fingerprint density at radius 1 is 1.24 bits per heavy atom. The van der Waals surface area contributed by atoms with E-state index in [0.29, 0.717) is 11.5 Å². The van der Waals surface area contributed by atoms with Crippen molar-refractivity contribution < 1.29 is 13.2 Å². The summed E-state index contributed by atoms with van der Waals surface area (Å²) in [6, 6.07) is 3.45. The van der Waals surface area contributed by atoms with E-state index in [9.17, 15) is 13.2 Å². The molecule has 2 heterocycles. The molecule has 0 radical (unpaired) electrons. The van der Waals surface area contributed by atoms with Crippen molar-refractivity contribution in [2.75, 3.05) is 11.4 Å². The number of alkyl halides is 3. The minimum absolute atomic E-state index is 0.0885. The molecular formula is C12H15F3N6. The highest BCUT2D eigenvalue weighted by Crippen LogP contribution is 2.29. The Morgan fingerprint density at radius 2 is 2.00 bits per heavy atom. The van der Waals surface area contributed by atoms with Crippen LogP contribution in [-0.2, 0) is 0 Å². The average molecular weight is 300 g/mol. The Morgan fingerprint density at radius 3 is 2.71 bits per heavy atom. The monoisotopic (exact) mass is 300 g/mol. The molecule has 0 spiro atoms. The summed E-state index contributed by atoms with van der Waals surface area (Å²) in [5, 5.41) is 15.1. The second-order valence-corrected chi connectivity index (χ2v) is 5.21. The summed E-state index contributed by atoms with van der Waals surface area (Å²) in [4.78, 5) is 1.74. The molecule has 3 rings (SSSR count). The van der Waals surface area contributed by atoms with Gasteiger partial charge in [-0.15, -0.1) is 14.8 Å². The summed E-state index contributed by atoms with van der Waals surface area (Å²) in [6.45, 7) is -0.0885. The van der Waals surface area contributed by atoms with Gasteiger partial charge in [0.05, 0.1) is 6.42 Å². The number of tetrazole rings is 1. The highest BCUT2D eigenvalue weighted by Gasteiger charge is 2.31. The van der Waals surface area contributed by atoms with Crippen molar-refractivity contribution >= 4 is 11.5 Å². The van der Waals surface area contributed by atoms with E-state index < -0.39 is 12.6 Å². The first-order valence-corrected chi connectivity index (χ1v) is 6.92. The van der Waals surface area contributed by atoms with Gasteiger partial charge in [-0.05, 0) is 35.4 Å². The van der Waals surface area contributed by atoms with E-state index in [1.54, 1.807) is 17.0 Å². The molecule has 1 fully saturated rings. The number of aromatic nitrogens is 5. The predicted octanol–water partition coefficient (Wildman–Crippen LogP) is 2.22. The lowest BCUT2D eigenvalue weighted by Gasteiger charge is -2.30. The molecule has 6 nitrogen and oxygen atoms in total. The van der Waals surface area contributed by atoms with E-state index in [2.05, 4.69) is 20.6 Å². The third kappa shape index (κ3) is 3.22. The van der Waals surface area contributed by atoms with Crippen LogP contribution in [0.15, 0.2) is 12.1 Å². The first kappa shape index (κ1) is 14.0. The highest BCUT2D eigenvalue weighted by molar-refractivity contribution is 5.45. The molecule has 0 atom stereocenters. The molecule has 2 aromatic rings. The zero-order chi connectivity index (χ0) is 14.9. The smallest absolute Gasteiger partial charge is 0.352 e. The third-order valence-electron chi connectivity index (χ3n) is 3.75. The number of hydrogen-bond donors (Lipinski definition) is 0. The molecule has 114 valence electrons. The van der Waals surface area contributed by atoms with Gasteiger partial charge >= 0.3 is 6.18 Å². The Balaban J connectivity index is 1.85. The summed E-state index contributed by atoms with van der Waals surface area (Å²) in [6.07, 6.45) is -1.14. The van der Waals surface area contributed by atoms with Gasteiger partial charge in [0.1, 0.15) is 0 Å². The van der Waals surface area contributed by atoms with Crippen molar-refractivity contribution in [2.24, 2.45) is 0 Å². The normalized spacial score (nSPS) is 16.7. The third-order valence-corrected chi connectivity index (χ3v) is 3.75. The van der Waals surface area contributed by atoms with Crippen molar-refractivity contribution in [1.29, 1.82) is 0 Å². The first-order valence-electron chi connectivity index (χ1n) is 6.92. The summed E-state index contributed by atoms with van der Waals surface area (Å²) in [5.74, 6) is 0.492. The Kier molecular flexibility index (Phi) is 3.64. The second kappa shape index (κ2) is 5.45. The number of anilines is 1. The van der Waals surface area contributed by atoms with Gasteiger partial charge in [-0.1, -0.05) is 12.8 Å². The van der Waals surface area contributed by atoms with Crippen LogP contribution in [0.5, 0.6) is 0 Å². The highest BCUT2D eigenvalue weighted by atomic mass is 19.4. The maximum absolute atomic E-state index is 12.5. The van der Waals surface area contributed by atoms with Crippen molar-refractivity contribution in [3.05, 3.63) is 12.1 Å². The molecule has 0 bridgehead atoms. The summed E-state index contributed by atoms with van der Waals surface area (Å²) >= 11 is 0. The number of rotatable bonds is 4. The zero-order valence-electron chi connectivity index (χ0n) is 11.3. The topological polar surface area (TPSA) is 59.2 Å². The van der Waals surface area contributed by atoms with Gasteiger partial charge in [0.2, 0.25) is 0 Å². The minimum Gasteiger partial charge on any atom is -0.352 e. The largest absolute Gasteiger partial charge is 0.390 e.